The highest BCUT2D eigenvalue weighted by molar-refractivity contribution is 5.97. The number of halogens is 1. The second-order valence-corrected chi connectivity index (χ2v) is 6.42. The maximum Gasteiger partial charge on any atom is 0.144 e. The van der Waals surface area contributed by atoms with E-state index in [1.807, 2.05) is 29.8 Å². The van der Waals surface area contributed by atoms with E-state index < -0.39 is 0 Å². The van der Waals surface area contributed by atoms with Crippen LogP contribution < -0.4 is 0 Å². The van der Waals surface area contributed by atoms with E-state index in [1.54, 1.807) is 12.1 Å². The van der Waals surface area contributed by atoms with E-state index >= 15 is 0 Å². The summed E-state index contributed by atoms with van der Waals surface area (Å²) >= 11 is 0. The van der Waals surface area contributed by atoms with E-state index in [4.69, 9.17) is 9.52 Å². The Morgan fingerprint density at radius 3 is 2.96 bits per heavy atom. The van der Waals surface area contributed by atoms with Crippen molar-refractivity contribution in [2.45, 2.75) is 26.3 Å². The molecule has 5 heteroatoms. The quantitative estimate of drug-likeness (QED) is 0.531. The molecule has 0 N–H and O–H groups in total. The van der Waals surface area contributed by atoms with Crippen LogP contribution in [0.1, 0.15) is 17.8 Å². The molecular formula is C20H16FN3O. The molecule has 4 nitrogen and oxygen atoms in total. The summed E-state index contributed by atoms with van der Waals surface area (Å²) in [5, 5.41) is 5.31. The number of pyridine rings is 1. The van der Waals surface area contributed by atoms with Crippen molar-refractivity contribution in [1.29, 1.82) is 0 Å². The molecule has 4 heterocycles. The summed E-state index contributed by atoms with van der Waals surface area (Å²) < 4.78 is 21.8. The zero-order chi connectivity index (χ0) is 17.0. The zero-order valence-electron chi connectivity index (χ0n) is 13.8. The van der Waals surface area contributed by atoms with E-state index in [2.05, 4.69) is 4.98 Å². The molecule has 0 amide bonds. The van der Waals surface area contributed by atoms with Crippen molar-refractivity contribution in [1.82, 2.24) is 14.8 Å². The van der Waals surface area contributed by atoms with E-state index in [0.717, 1.165) is 47.6 Å². The van der Waals surface area contributed by atoms with E-state index in [1.165, 1.54) is 18.0 Å². The number of benzene rings is 1. The van der Waals surface area contributed by atoms with Crippen molar-refractivity contribution in [2.75, 3.05) is 0 Å². The largest absolute Gasteiger partial charge is 0.464 e. The predicted octanol–water partition coefficient (Wildman–Crippen LogP) is 4.75. The Balaban J connectivity index is 1.83. The third kappa shape index (κ3) is 2.12. The van der Waals surface area contributed by atoms with Crippen LogP contribution in [-0.4, -0.2) is 14.8 Å². The van der Waals surface area contributed by atoms with Crippen LogP contribution in [0.3, 0.4) is 0 Å². The van der Waals surface area contributed by atoms with Crippen molar-refractivity contribution >= 4 is 11.0 Å². The minimum atomic E-state index is -0.272. The van der Waals surface area contributed by atoms with Crippen LogP contribution in [0.25, 0.3) is 33.5 Å². The Bertz CT molecular complexity index is 1110. The van der Waals surface area contributed by atoms with Gasteiger partial charge in [0.2, 0.25) is 0 Å². The van der Waals surface area contributed by atoms with Gasteiger partial charge in [0, 0.05) is 29.1 Å². The number of hydrogen-bond donors (Lipinski definition) is 0. The van der Waals surface area contributed by atoms with Gasteiger partial charge in [0.05, 0.1) is 17.3 Å². The Morgan fingerprint density at radius 1 is 1.16 bits per heavy atom. The lowest BCUT2D eigenvalue weighted by Gasteiger charge is -2.07. The molecule has 0 aliphatic carbocycles. The van der Waals surface area contributed by atoms with Gasteiger partial charge in [-0.15, -0.1) is 0 Å². The minimum absolute atomic E-state index is 0.272. The molecule has 124 valence electrons. The predicted molar refractivity (Wildman–Crippen MR) is 93.7 cm³/mol. The molecule has 0 radical (unpaired) electrons. The van der Waals surface area contributed by atoms with E-state index in [0.29, 0.717) is 11.0 Å². The highest BCUT2D eigenvalue weighted by atomic mass is 19.1. The van der Waals surface area contributed by atoms with Crippen LogP contribution in [0, 0.1) is 12.7 Å². The fourth-order valence-electron chi connectivity index (χ4n) is 3.69. The van der Waals surface area contributed by atoms with Gasteiger partial charge in [0.15, 0.2) is 0 Å². The monoisotopic (exact) mass is 333 g/mol. The fraction of sp³-hybridized carbons (Fsp3) is 0.200. The second-order valence-electron chi connectivity index (χ2n) is 6.42. The van der Waals surface area contributed by atoms with Crippen LogP contribution in [0.4, 0.5) is 4.39 Å². The van der Waals surface area contributed by atoms with Crippen LogP contribution in [0.2, 0.25) is 0 Å². The van der Waals surface area contributed by atoms with Gasteiger partial charge in [0.1, 0.15) is 17.1 Å². The number of fused-ring (bicyclic) bond motifs is 2. The van der Waals surface area contributed by atoms with Crippen molar-refractivity contribution in [3.05, 3.63) is 59.9 Å². The summed E-state index contributed by atoms with van der Waals surface area (Å²) in [6.45, 7) is 2.87. The molecule has 0 spiro atoms. The second kappa shape index (κ2) is 5.28. The van der Waals surface area contributed by atoms with E-state index in [-0.39, 0.29) is 5.82 Å². The van der Waals surface area contributed by atoms with Gasteiger partial charge in [0.25, 0.3) is 0 Å². The third-order valence-corrected chi connectivity index (χ3v) is 4.80. The SMILES string of the molecule is Cc1cccc(-c2nn3c(c2-c2ccc(F)c4ccoc24)CCC3)n1. The summed E-state index contributed by atoms with van der Waals surface area (Å²) in [7, 11) is 0. The molecule has 0 bridgehead atoms. The summed E-state index contributed by atoms with van der Waals surface area (Å²) in [4.78, 5) is 4.65. The van der Waals surface area contributed by atoms with Crippen LogP contribution in [0.15, 0.2) is 47.1 Å². The number of aromatic nitrogens is 3. The van der Waals surface area contributed by atoms with Gasteiger partial charge in [-0.2, -0.15) is 5.10 Å². The van der Waals surface area contributed by atoms with Crippen LogP contribution >= 0.6 is 0 Å². The van der Waals surface area contributed by atoms with Gasteiger partial charge >= 0.3 is 0 Å². The molecule has 25 heavy (non-hydrogen) atoms. The normalized spacial score (nSPS) is 13.5. The molecular weight excluding hydrogens is 317 g/mol. The number of nitrogens with zero attached hydrogens (tertiary/aromatic N) is 3. The molecule has 1 aromatic carbocycles. The van der Waals surface area contributed by atoms with Gasteiger partial charge in [-0.1, -0.05) is 6.07 Å². The summed E-state index contributed by atoms with van der Waals surface area (Å²) in [6.07, 6.45) is 3.55. The fourth-order valence-corrected chi connectivity index (χ4v) is 3.69. The molecule has 0 saturated heterocycles. The molecule has 3 aromatic heterocycles. The number of furan rings is 1. The van der Waals surface area contributed by atoms with Crippen molar-refractivity contribution in [2.24, 2.45) is 0 Å². The smallest absolute Gasteiger partial charge is 0.144 e. The average Bonchev–Trinajstić information content (AvgIpc) is 3.31. The highest BCUT2D eigenvalue weighted by Crippen LogP contribution is 2.40. The Kier molecular flexibility index (Phi) is 3.04. The van der Waals surface area contributed by atoms with Crippen LogP contribution in [-0.2, 0) is 13.0 Å². The van der Waals surface area contributed by atoms with Crippen LogP contribution in [0.5, 0.6) is 0 Å². The van der Waals surface area contributed by atoms with Gasteiger partial charge < -0.3 is 4.42 Å². The molecule has 0 saturated carbocycles. The Hall–Kier alpha value is -2.95. The molecule has 0 atom stereocenters. The molecule has 5 rings (SSSR count). The summed E-state index contributed by atoms with van der Waals surface area (Å²) in [5.41, 5.74) is 6.24. The number of rotatable bonds is 2. The summed E-state index contributed by atoms with van der Waals surface area (Å²) in [6, 6.07) is 10.9. The molecule has 0 unspecified atom stereocenters. The Labute approximate surface area is 143 Å². The van der Waals surface area contributed by atoms with E-state index in [9.17, 15) is 4.39 Å². The van der Waals surface area contributed by atoms with Gasteiger partial charge in [-0.3, -0.25) is 9.67 Å². The lowest BCUT2D eigenvalue weighted by molar-refractivity contribution is 0.611. The lowest BCUT2D eigenvalue weighted by Crippen LogP contribution is -1.95. The average molecular weight is 333 g/mol. The number of hydrogen-bond acceptors (Lipinski definition) is 3. The molecule has 0 fully saturated rings. The topological polar surface area (TPSA) is 43.9 Å². The first-order valence-electron chi connectivity index (χ1n) is 8.42. The standard InChI is InChI=1S/C20H16FN3O/c1-12-4-2-5-16(22-12)19-18(17-6-3-10-24(17)23-19)14-7-8-15(21)13-9-11-25-20(13)14/h2,4-5,7-9,11H,3,6,10H2,1H3. The third-order valence-electron chi connectivity index (χ3n) is 4.80. The van der Waals surface area contributed by atoms with Gasteiger partial charge in [-0.05, 0) is 50.1 Å². The highest BCUT2D eigenvalue weighted by Gasteiger charge is 2.26. The molecule has 4 aromatic rings. The van der Waals surface area contributed by atoms with Crippen molar-refractivity contribution < 1.29 is 8.81 Å². The van der Waals surface area contributed by atoms with Crippen molar-refractivity contribution in [3.63, 3.8) is 0 Å². The molecule has 1 aliphatic rings. The van der Waals surface area contributed by atoms with Crippen molar-refractivity contribution in [3.8, 4) is 22.5 Å². The Morgan fingerprint density at radius 2 is 2.08 bits per heavy atom. The zero-order valence-corrected chi connectivity index (χ0v) is 13.8. The lowest BCUT2D eigenvalue weighted by atomic mass is 9.98. The summed E-state index contributed by atoms with van der Waals surface area (Å²) in [5.74, 6) is -0.272. The maximum atomic E-state index is 14.1. The molecule has 1 aliphatic heterocycles. The first kappa shape index (κ1) is 14.4. The maximum absolute atomic E-state index is 14.1. The first-order chi connectivity index (χ1) is 12.2. The number of aryl methyl sites for hydroxylation is 2. The van der Waals surface area contributed by atoms with Gasteiger partial charge in [-0.25, -0.2) is 4.39 Å². The first-order valence-corrected chi connectivity index (χ1v) is 8.42. The minimum Gasteiger partial charge on any atom is -0.464 e.